The van der Waals surface area contributed by atoms with Crippen molar-refractivity contribution in [1.82, 2.24) is 9.88 Å². The number of carbonyl (C=O) groups excluding carboxylic acids is 1. The standard InChI is InChI=1S/C25H23N3OS/c26-25-27-24(21-14-8-3-9-15-21)22(30-25)16-23(29)28(17-19-10-4-1-5-11-19)18-20-12-6-2-7-13-20/h1-15H,16-18H2,(H2,26,27). The van der Waals surface area contributed by atoms with Crippen LogP contribution < -0.4 is 5.73 Å². The lowest BCUT2D eigenvalue weighted by Crippen LogP contribution is -2.31. The van der Waals surface area contributed by atoms with Crippen LogP contribution in [0, 0.1) is 0 Å². The van der Waals surface area contributed by atoms with Crippen molar-refractivity contribution >= 4 is 22.4 Å². The predicted octanol–water partition coefficient (Wildman–Crippen LogP) is 5.16. The Morgan fingerprint density at radius 1 is 0.800 bits per heavy atom. The van der Waals surface area contributed by atoms with E-state index in [1.165, 1.54) is 11.3 Å². The van der Waals surface area contributed by atoms with Crippen molar-refractivity contribution in [2.75, 3.05) is 5.73 Å². The van der Waals surface area contributed by atoms with E-state index in [0.29, 0.717) is 18.2 Å². The Bertz CT molecular complexity index is 1050. The van der Waals surface area contributed by atoms with Crippen LogP contribution in [0.1, 0.15) is 16.0 Å². The molecular formula is C25H23N3OS. The molecule has 1 heterocycles. The summed E-state index contributed by atoms with van der Waals surface area (Å²) in [6.45, 7) is 1.12. The number of nitrogens with zero attached hydrogens (tertiary/aromatic N) is 2. The molecule has 0 atom stereocenters. The van der Waals surface area contributed by atoms with Gasteiger partial charge in [-0.1, -0.05) is 91.0 Å². The molecule has 0 spiro atoms. The van der Waals surface area contributed by atoms with E-state index in [4.69, 9.17) is 5.73 Å². The van der Waals surface area contributed by atoms with E-state index in [9.17, 15) is 4.79 Å². The van der Waals surface area contributed by atoms with E-state index < -0.39 is 0 Å². The largest absolute Gasteiger partial charge is 0.375 e. The highest BCUT2D eigenvalue weighted by atomic mass is 32.1. The molecule has 0 saturated heterocycles. The average Bonchev–Trinajstić information content (AvgIpc) is 3.15. The van der Waals surface area contributed by atoms with Gasteiger partial charge in [0.05, 0.1) is 12.1 Å². The van der Waals surface area contributed by atoms with Gasteiger partial charge in [0.2, 0.25) is 5.91 Å². The molecule has 0 radical (unpaired) electrons. The highest BCUT2D eigenvalue weighted by Gasteiger charge is 2.20. The third-order valence-electron chi connectivity index (χ3n) is 4.86. The van der Waals surface area contributed by atoms with Gasteiger partial charge in [0.25, 0.3) is 0 Å². The van der Waals surface area contributed by atoms with Crippen molar-refractivity contribution in [3.05, 3.63) is 107 Å². The van der Waals surface area contributed by atoms with Gasteiger partial charge in [-0.25, -0.2) is 4.98 Å². The molecule has 1 amide bonds. The number of rotatable bonds is 7. The van der Waals surface area contributed by atoms with Gasteiger partial charge in [-0.3, -0.25) is 4.79 Å². The molecular weight excluding hydrogens is 390 g/mol. The second kappa shape index (κ2) is 9.37. The van der Waals surface area contributed by atoms with Crippen LogP contribution in [0.3, 0.4) is 0 Å². The smallest absolute Gasteiger partial charge is 0.228 e. The summed E-state index contributed by atoms with van der Waals surface area (Å²) in [5.74, 6) is 0.0588. The van der Waals surface area contributed by atoms with Crippen LogP contribution in [0.25, 0.3) is 11.3 Å². The zero-order chi connectivity index (χ0) is 20.8. The van der Waals surface area contributed by atoms with E-state index in [1.807, 2.05) is 95.9 Å². The first kappa shape index (κ1) is 19.9. The average molecular weight is 414 g/mol. The summed E-state index contributed by atoms with van der Waals surface area (Å²) in [5, 5.41) is 0.481. The minimum absolute atomic E-state index is 0.0588. The number of nitrogen functional groups attached to an aromatic ring is 1. The lowest BCUT2D eigenvalue weighted by molar-refractivity contribution is -0.131. The molecule has 0 saturated carbocycles. The zero-order valence-corrected chi connectivity index (χ0v) is 17.4. The van der Waals surface area contributed by atoms with E-state index in [2.05, 4.69) is 4.98 Å². The summed E-state index contributed by atoms with van der Waals surface area (Å²) in [5.41, 5.74) is 9.98. The first-order valence-electron chi connectivity index (χ1n) is 9.85. The molecule has 0 aliphatic carbocycles. The number of amides is 1. The molecule has 0 aliphatic rings. The Morgan fingerprint density at radius 3 is 1.83 bits per heavy atom. The van der Waals surface area contributed by atoms with Crippen LogP contribution in [0.2, 0.25) is 0 Å². The first-order chi connectivity index (χ1) is 14.7. The molecule has 4 aromatic rings. The van der Waals surface area contributed by atoms with Gasteiger partial charge in [-0.15, -0.1) is 11.3 Å². The van der Waals surface area contributed by atoms with Gasteiger partial charge in [-0.05, 0) is 11.1 Å². The summed E-state index contributed by atoms with van der Waals surface area (Å²) in [6.07, 6.45) is 0.277. The van der Waals surface area contributed by atoms with Gasteiger partial charge in [0, 0.05) is 23.5 Å². The van der Waals surface area contributed by atoms with E-state index in [1.54, 1.807) is 0 Å². The summed E-state index contributed by atoms with van der Waals surface area (Å²) in [7, 11) is 0. The van der Waals surface area contributed by atoms with Crippen molar-refractivity contribution in [1.29, 1.82) is 0 Å². The molecule has 0 bridgehead atoms. The number of hydrogen-bond donors (Lipinski definition) is 1. The van der Waals surface area contributed by atoms with Crippen molar-refractivity contribution in [2.45, 2.75) is 19.5 Å². The van der Waals surface area contributed by atoms with E-state index in [-0.39, 0.29) is 12.3 Å². The highest BCUT2D eigenvalue weighted by Crippen LogP contribution is 2.30. The summed E-state index contributed by atoms with van der Waals surface area (Å²) >= 11 is 1.39. The molecule has 5 heteroatoms. The van der Waals surface area contributed by atoms with Crippen LogP contribution in [-0.2, 0) is 24.3 Å². The third-order valence-corrected chi connectivity index (χ3v) is 5.74. The van der Waals surface area contributed by atoms with Crippen LogP contribution in [-0.4, -0.2) is 15.8 Å². The maximum atomic E-state index is 13.4. The fraction of sp³-hybridized carbons (Fsp3) is 0.120. The molecule has 150 valence electrons. The van der Waals surface area contributed by atoms with E-state index >= 15 is 0 Å². The van der Waals surface area contributed by atoms with Gasteiger partial charge in [-0.2, -0.15) is 0 Å². The van der Waals surface area contributed by atoms with Gasteiger partial charge >= 0.3 is 0 Å². The van der Waals surface area contributed by atoms with Crippen molar-refractivity contribution in [3.63, 3.8) is 0 Å². The van der Waals surface area contributed by atoms with Gasteiger partial charge < -0.3 is 10.6 Å². The van der Waals surface area contributed by atoms with Crippen LogP contribution in [0.15, 0.2) is 91.0 Å². The SMILES string of the molecule is Nc1nc(-c2ccccc2)c(CC(=O)N(Cc2ccccc2)Cc2ccccc2)s1. The number of anilines is 1. The fourth-order valence-electron chi connectivity index (χ4n) is 3.40. The number of nitrogens with two attached hydrogens (primary N) is 1. The van der Waals surface area contributed by atoms with Crippen molar-refractivity contribution < 1.29 is 4.79 Å². The minimum Gasteiger partial charge on any atom is -0.375 e. The molecule has 4 nitrogen and oxygen atoms in total. The number of aromatic nitrogens is 1. The summed E-state index contributed by atoms with van der Waals surface area (Å²) in [4.78, 5) is 20.7. The third kappa shape index (κ3) is 4.93. The first-order valence-corrected chi connectivity index (χ1v) is 10.7. The van der Waals surface area contributed by atoms with Crippen LogP contribution in [0.4, 0.5) is 5.13 Å². The second-order valence-electron chi connectivity index (χ2n) is 7.09. The van der Waals surface area contributed by atoms with Gasteiger partial charge in [0.15, 0.2) is 5.13 Å². The quantitative estimate of drug-likeness (QED) is 0.455. The number of hydrogen-bond acceptors (Lipinski definition) is 4. The molecule has 0 fully saturated rings. The molecule has 1 aromatic heterocycles. The molecule has 3 aromatic carbocycles. The number of thiazole rings is 1. The van der Waals surface area contributed by atoms with E-state index in [0.717, 1.165) is 27.3 Å². The van der Waals surface area contributed by atoms with Crippen LogP contribution >= 0.6 is 11.3 Å². The molecule has 0 aliphatic heterocycles. The maximum absolute atomic E-state index is 13.4. The summed E-state index contributed by atoms with van der Waals surface area (Å²) in [6, 6.07) is 30.0. The Morgan fingerprint density at radius 2 is 1.30 bits per heavy atom. The molecule has 2 N–H and O–H groups in total. The minimum atomic E-state index is 0.0588. The maximum Gasteiger partial charge on any atom is 0.228 e. The highest BCUT2D eigenvalue weighted by molar-refractivity contribution is 7.15. The predicted molar refractivity (Wildman–Crippen MR) is 123 cm³/mol. The van der Waals surface area contributed by atoms with Crippen LogP contribution in [0.5, 0.6) is 0 Å². The lowest BCUT2D eigenvalue weighted by atomic mass is 10.1. The number of carbonyl (C=O) groups is 1. The topological polar surface area (TPSA) is 59.2 Å². The Balaban J connectivity index is 1.59. The Labute approximate surface area is 180 Å². The number of benzene rings is 3. The molecule has 4 rings (SSSR count). The second-order valence-corrected chi connectivity index (χ2v) is 8.20. The van der Waals surface area contributed by atoms with Crippen molar-refractivity contribution in [3.8, 4) is 11.3 Å². The van der Waals surface area contributed by atoms with Gasteiger partial charge in [0.1, 0.15) is 0 Å². The summed E-state index contributed by atoms with van der Waals surface area (Å²) < 4.78 is 0. The normalized spacial score (nSPS) is 10.7. The zero-order valence-electron chi connectivity index (χ0n) is 16.6. The fourth-order valence-corrected chi connectivity index (χ4v) is 4.25. The molecule has 30 heavy (non-hydrogen) atoms. The monoisotopic (exact) mass is 413 g/mol. The molecule has 0 unspecified atom stereocenters. The van der Waals surface area contributed by atoms with Crippen molar-refractivity contribution in [2.24, 2.45) is 0 Å². The lowest BCUT2D eigenvalue weighted by Gasteiger charge is -2.23. The Kier molecular flexibility index (Phi) is 6.20. The Hall–Kier alpha value is -3.44.